The number of benzene rings is 3. The van der Waals surface area contributed by atoms with Gasteiger partial charge in [-0.05, 0) is 43.2 Å². The Hall–Kier alpha value is -3.74. The number of nitro groups is 1. The van der Waals surface area contributed by atoms with Crippen molar-refractivity contribution in [3.63, 3.8) is 0 Å². The Morgan fingerprint density at radius 3 is 2.78 bits per heavy atom. The molecule has 0 saturated carbocycles. The third-order valence-corrected chi connectivity index (χ3v) is 8.44. The minimum Gasteiger partial charge on any atom is -0.489 e. The number of ether oxygens (including phenoxy) is 1. The molecule has 37 heavy (non-hydrogen) atoms. The van der Waals surface area contributed by atoms with Gasteiger partial charge in [0.15, 0.2) is 5.54 Å². The quantitative estimate of drug-likeness (QED) is 0.350. The molecule has 0 bridgehead atoms. The molecule has 1 N–H and O–H groups in total. The topological polar surface area (TPSA) is 108 Å². The van der Waals surface area contributed by atoms with Gasteiger partial charge in [0.1, 0.15) is 12.4 Å². The van der Waals surface area contributed by atoms with Crippen molar-refractivity contribution in [3.05, 3.63) is 104 Å². The standard InChI is InChI=1S/C28H23BrN4O4/c29-19-11-12-24(37-16-18-7-2-1-6-17(18)15-30)20(14-19)25-23-10-5-13-32(23)28(26(25)33(35)36)21-8-3-4-9-22(21)31-27(28)34/h1-4,6-9,11-12,14,23,25-26H,5,10,13,16H2,(H,31,34)/t23-,25+,26+,28+/m0/s1. The van der Waals surface area contributed by atoms with E-state index in [4.69, 9.17) is 4.74 Å². The Kier molecular flexibility index (Phi) is 5.74. The molecule has 3 aromatic carbocycles. The number of carbonyl (C=O) groups is 1. The second kappa shape index (κ2) is 8.98. The van der Waals surface area contributed by atoms with Crippen molar-refractivity contribution in [2.24, 2.45) is 0 Å². The van der Waals surface area contributed by atoms with E-state index in [1.54, 1.807) is 24.3 Å². The summed E-state index contributed by atoms with van der Waals surface area (Å²) in [5.41, 5.74) is 1.85. The first-order chi connectivity index (χ1) is 18.0. The summed E-state index contributed by atoms with van der Waals surface area (Å²) in [7, 11) is 0. The highest BCUT2D eigenvalue weighted by molar-refractivity contribution is 9.10. The van der Waals surface area contributed by atoms with Crippen molar-refractivity contribution < 1.29 is 14.5 Å². The third-order valence-electron chi connectivity index (χ3n) is 7.95. The highest BCUT2D eigenvalue weighted by atomic mass is 79.9. The minimum absolute atomic E-state index is 0.150. The van der Waals surface area contributed by atoms with E-state index in [9.17, 15) is 20.2 Å². The maximum absolute atomic E-state index is 13.7. The largest absolute Gasteiger partial charge is 0.489 e. The minimum atomic E-state index is -1.39. The van der Waals surface area contributed by atoms with E-state index in [1.165, 1.54) is 0 Å². The van der Waals surface area contributed by atoms with E-state index in [-0.39, 0.29) is 23.5 Å². The van der Waals surface area contributed by atoms with E-state index >= 15 is 0 Å². The number of hydrogen-bond acceptors (Lipinski definition) is 6. The van der Waals surface area contributed by atoms with Crippen LogP contribution in [0.2, 0.25) is 0 Å². The van der Waals surface area contributed by atoms with E-state index in [0.29, 0.717) is 34.7 Å². The van der Waals surface area contributed by atoms with Gasteiger partial charge >= 0.3 is 0 Å². The van der Waals surface area contributed by atoms with Gasteiger partial charge in [-0.2, -0.15) is 5.26 Å². The summed E-state index contributed by atoms with van der Waals surface area (Å²) < 4.78 is 7.02. The molecule has 2 fully saturated rings. The summed E-state index contributed by atoms with van der Waals surface area (Å²) in [5, 5.41) is 25.3. The number of halogens is 1. The van der Waals surface area contributed by atoms with Crippen LogP contribution in [0.3, 0.4) is 0 Å². The normalized spacial score (nSPS) is 25.9. The number of carbonyl (C=O) groups excluding carboxylic acids is 1. The van der Waals surface area contributed by atoms with Crippen molar-refractivity contribution in [2.45, 2.75) is 43.0 Å². The van der Waals surface area contributed by atoms with Crippen molar-refractivity contribution in [3.8, 4) is 11.8 Å². The van der Waals surface area contributed by atoms with Crippen LogP contribution in [0.1, 0.15) is 41.0 Å². The number of anilines is 1. The van der Waals surface area contributed by atoms with E-state index in [1.807, 2.05) is 42.5 Å². The molecular formula is C28H23BrN4O4. The molecule has 3 aliphatic heterocycles. The first-order valence-electron chi connectivity index (χ1n) is 12.2. The highest BCUT2D eigenvalue weighted by Crippen LogP contribution is 2.59. The predicted molar refractivity (Wildman–Crippen MR) is 140 cm³/mol. The Balaban J connectivity index is 1.48. The highest BCUT2D eigenvalue weighted by Gasteiger charge is 2.73. The van der Waals surface area contributed by atoms with Gasteiger partial charge in [-0.1, -0.05) is 52.3 Å². The van der Waals surface area contributed by atoms with Crippen molar-refractivity contribution >= 4 is 27.5 Å². The van der Waals surface area contributed by atoms with Crippen LogP contribution in [-0.2, 0) is 16.9 Å². The lowest BCUT2D eigenvalue weighted by Gasteiger charge is -2.32. The fraction of sp³-hybridized carbons (Fsp3) is 0.286. The van der Waals surface area contributed by atoms with Crippen LogP contribution in [0, 0.1) is 21.4 Å². The van der Waals surface area contributed by atoms with Crippen molar-refractivity contribution in [1.29, 1.82) is 5.26 Å². The second-order valence-electron chi connectivity index (χ2n) is 9.66. The Bertz CT molecular complexity index is 1470. The van der Waals surface area contributed by atoms with Gasteiger partial charge < -0.3 is 10.1 Å². The second-order valence-corrected chi connectivity index (χ2v) is 10.6. The molecule has 3 aromatic rings. The van der Waals surface area contributed by atoms with Crippen LogP contribution >= 0.6 is 15.9 Å². The van der Waals surface area contributed by atoms with Crippen molar-refractivity contribution in [1.82, 2.24) is 4.90 Å². The molecule has 0 unspecified atom stereocenters. The van der Waals surface area contributed by atoms with E-state index in [0.717, 1.165) is 22.9 Å². The molecule has 1 spiro atoms. The van der Waals surface area contributed by atoms with Crippen LogP contribution in [-0.4, -0.2) is 34.4 Å². The number of nitriles is 1. The summed E-state index contributed by atoms with van der Waals surface area (Å²) in [6.45, 7) is 0.754. The van der Waals surface area contributed by atoms with E-state index < -0.39 is 17.5 Å². The molecule has 9 heteroatoms. The zero-order valence-electron chi connectivity index (χ0n) is 19.8. The lowest BCUT2D eigenvalue weighted by molar-refractivity contribution is -0.534. The van der Waals surface area contributed by atoms with Gasteiger partial charge in [0.2, 0.25) is 0 Å². The zero-order valence-corrected chi connectivity index (χ0v) is 21.3. The average molecular weight is 559 g/mol. The SMILES string of the molecule is N#Cc1ccccc1COc1ccc(Br)cc1[C@@H]1[C@@H]2CCCN2[C@@]2(C(=O)Nc3ccccc32)[C@@H]1[N+](=O)[O-]. The first-order valence-corrected chi connectivity index (χ1v) is 13.0. The molecule has 2 saturated heterocycles. The van der Waals surface area contributed by atoms with Gasteiger partial charge in [0, 0.05) is 44.4 Å². The van der Waals surface area contributed by atoms with Gasteiger partial charge in [-0.15, -0.1) is 0 Å². The maximum Gasteiger partial charge on any atom is 0.256 e. The molecule has 0 radical (unpaired) electrons. The van der Waals surface area contributed by atoms with Crippen LogP contribution in [0.15, 0.2) is 71.2 Å². The first kappa shape index (κ1) is 23.6. The summed E-state index contributed by atoms with van der Waals surface area (Å²) in [5.74, 6) is -0.401. The molecule has 1 amide bonds. The van der Waals surface area contributed by atoms with Gasteiger partial charge in [0.25, 0.3) is 11.9 Å². The molecule has 3 heterocycles. The molecule has 0 aromatic heterocycles. The van der Waals surface area contributed by atoms with Crippen LogP contribution < -0.4 is 10.1 Å². The van der Waals surface area contributed by atoms with Crippen molar-refractivity contribution in [2.75, 3.05) is 11.9 Å². The number of nitrogens with zero attached hydrogens (tertiary/aromatic N) is 3. The Morgan fingerprint density at radius 2 is 1.97 bits per heavy atom. The summed E-state index contributed by atoms with van der Waals surface area (Å²) >= 11 is 3.54. The zero-order chi connectivity index (χ0) is 25.7. The number of nitrogens with one attached hydrogen (secondary N) is 1. The Labute approximate surface area is 222 Å². The van der Waals surface area contributed by atoms with Crippen LogP contribution in [0.4, 0.5) is 5.69 Å². The molecule has 186 valence electrons. The van der Waals surface area contributed by atoms with Gasteiger partial charge in [-0.3, -0.25) is 19.8 Å². The lowest BCUT2D eigenvalue weighted by Crippen LogP contribution is -2.55. The fourth-order valence-electron chi connectivity index (χ4n) is 6.57. The lowest BCUT2D eigenvalue weighted by atomic mass is 9.77. The summed E-state index contributed by atoms with van der Waals surface area (Å²) in [6.07, 6.45) is 1.60. The molecule has 0 aliphatic carbocycles. The van der Waals surface area contributed by atoms with Gasteiger partial charge in [-0.25, -0.2) is 0 Å². The molecule has 6 rings (SSSR count). The average Bonchev–Trinajstić information content (AvgIpc) is 3.56. The molecular weight excluding hydrogens is 536 g/mol. The van der Waals surface area contributed by atoms with Crippen LogP contribution in [0.5, 0.6) is 5.75 Å². The predicted octanol–water partition coefficient (Wildman–Crippen LogP) is 4.95. The Morgan fingerprint density at radius 1 is 1.19 bits per heavy atom. The maximum atomic E-state index is 13.7. The monoisotopic (exact) mass is 558 g/mol. The molecule has 8 nitrogen and oxygen atoms in total. The van der Waals surface area contributed by atoms with Crippen LogP contribution in [0.25, 0.3) is 0 Å². The number of para-hydroxylation sites is 1. The molecule has 3 aliphatic rings. The molecule has 4 atom stereocenters. The smallest absolute Gasteiger partial charge is 0.256 e. The third kappa shape index (κ3) is 3.47. The van der Waals surface area contributed by atoms with E-state index in [2.05, 4.69) is 32.2 Å². The number of fused-ring (bicyclic) bond motifs is 4. The summed E-state index contributed by atoms with van der Waals surface area (Å²) in [4.78, 5) is 28.4. The fourth-order valence-corrected chi connectivity index (χ4v) is 6.95. The van der Waals surface area contributed by atoms with Gasteiger partial charge in [0.05, 0.1) is 17.6 Å². The number of rotatable bonds is 5. The summed E-state index contributed by atoms with van der Waals surface area (Å²) in [6, 6.07) is 20.8. The number of hydrogen-bond donors (Lipinski definition) is 1. The number of amides is 1.